The Morgan fingerprint density at radius 2 is 2.13 bits per heavy atom. The molecule has 0 radical (unpaired) electrons. The van der Waals surface area contributed by atoms with E-state index in [0.717, 1.165) is 0 Å². The van der Waals surface area contributed by atoms with Crippen molar-refractivity contribution in [2.75, 3.05) is 13.7 Å². The molecule has 1 unspecified atom stereocenters. The highest BCUT2D eigenvalue weighted by atomic mass is 32.1. The fourth-order valence-electron chi connectivity index (χ4n) is 2.58. The summed E-state index contributed by atoms with van der Waals surface area (Å²) in [6.45, 7) is 3.34. The fraction of sp³-hybridized carbons (Fsp3) is 0.375. The monoisotopic (exact) mass is 339 g/mol. The third-order valence-corrected chi connectivity index (χ3v) is 4.78. The number of methoxy groups -OCH3 is 1. The third kappa shape index (κ3) is 3.68. The number of aryl methyl sites for hydroxylation is 1. The van der Waals surface area contributed by atoms with Gasteiger partial charge in [-0.2, -0.15) is 0 Å². The summed E-state index contributed by atoms with van der Waals surface area (Å²) < 4.78 is 19.6. The fourth-order valence-corrected chi connectivity index (χ4v) is 3.70. The summed E-state index contributed by atoms with van der Waals surface area (Å²) in [5, 5.41) is 12.1. The number of nitrogens with one attached hydrogen (secondary N) is 1. The number of amides is 1. The molecule has 2 N–H and O–H groups in total. The molecule has 1 aromatic heterocycles. The summed E-state index contributed by atoms with van der Waals surface area (Å²) >= 11 is 1.18. The quantitative estimate of drug-likeness (QED) is 0.848. The number of benzene rings is 1. The number of halogens is 1. The smallest absolute Gasteiger partial charge is 0.305 e. The molecule has 0 saturated carbocycles. The van der Waals surface area contributed by atoms with Gasteiger partial charge in [0.2, 0.25) is 0 Å². The van der Waals surface area contributed by atoms with Crippen molar-refractivity contribution in [1.82, 2.24) is 5.32 Å². The minimum absolute atomic E-state index is 0.0589. The van der Waals surface area contributed by atoms with E-state index < -0.39 is 17.4 Å². The van der Waals surface area contributed by atoms with Gasteiger partial charge in [0.15, 0.2) is 0 Å². The largest absolute Gasteiger partial charge is 0.481 e. The van der Waals surface area contributed by atoms with E-state index in [1.165, 1.54) is 24.5 Å². The van der Waals surface area contributed by atoms with E-state index in [1.54, 1.807) is 26.0 Å². The number of fused-ring (bicyclic) bond motifs is 1. The summed E-state index contributed by atoms with van der Waals surface area (Å²) in [6, 6.07) is 4.69. The van der Waals surface area contributed by atoms with Crippen molar-refractivity contribution in [2.24, 2.45) is 0 Å². The maximum Gasteiger partial charge on any atom is 0.305 e. The molecular formula is C16H18FNO4S. The number of carbonyl (C=O) groups excluding carboxylic acids is 1. The molecule has 0 bridgehead atoms. The van der Waals surface area contributed by atoms with E-state index in [0.29, 0.717) is 20.5 Å². The van der Waals surface area contributed by atoms with Gasteiger partial charge in [0.25, 0.3) is 5.91 Å². The van der Waals surface area contributed by atoms with Crippen LogP contribution in [0.4, 0.5) is 4.39 Å². The van der Waals surface area contributed by atoms with E-state index in [1.807, 2.05) is 0 Å². The molecule has 7 heteroatoms. The predicted octanol–water partition coefficient (Wildman–Crippen LogP) is 2.96. The van der Waals surface area contributed by atoms with Crippen molar-refractivity contribution in [1.29, 1.82) is 0 Å². The second-order valence-corrected chi connectivity index (χ2v) is 6.74. The van der Waals surface area contributed by atoms with Crippen LogP contribution in [0.15, 0.2) is 18.2 Å². The van der Waals surface area contributed by atoms with Gasteiger partial charge in [-0.25, -0.2) is 4.39 Å². The molecule has 23 heavy (non-hydrogen) atoms. The van der Waals surface area contributed by atoms with E-state index >= 15 is 0 Å². The van der Waals surface area contributed by atoms with Gasteiger partial charge >= 0.3 is 5.97 Å². The zero-order valence-corrected chi connectivity index (χ0v) is 13.9. The average molecular weight is 339 g/mol. The van der Waals surface area contributed by atoms with E-state index in [4.69, 9.17) is 9.84 Å². The number of aliphatic carboxylic acids is 1. The normalized spacial score (nSPS) is 13.7. The number of hydrogen-bond acceptors (Lipinski definition) is 4. The number of carbonyl (C=O) groups is 2. The Kier molecular flexibility index (Phi) is 5.01. The minimum Gasteiger partial charge on any atom is -0.481 e. The lowest BCUT2D eigenvalue weighted by molar-refractivity contribution is -0.139. The Bertz CT molecular complexity index is 758. The van der Waals surface area contributed by atoms with Gasteiger partial charge in [0.05, 0.1) is 23.4 Å². The molecule has 0 saturated heterocycles. The summed E-state index contributed by atoms with van der Waals surface area (Å²) in [6.07, 6.45) is -0.273. The number of ether oxygens (including phenoxy) is 1. The van der Waals surface area contributed by atoms with E-state index in [-0.39, 0.29) is 18.8 Å². The molecule has 2 rings (SSSR count). The SMILES string of the molecule is COCC(C)(CC(=O)O)NC(=O)c1sc2cccc(F)c2c1C. The summed E-state index contributed by atoms with van der Waals surface area (Å²) in [4.78, 5) is 23.9. The molecule has 0 aliphatic rings. The molecule has 1 amide bonds. The molecule has 1 aromatic carbocycles. The van der Waals surface area contributed by atoms with Gasteiger partial charge in [0, 0.05) is 17.2 Å². The van der Waals surface area contributed by atoms with Crippen molar-refractivity contribution in [3.05, 3.63) is 34.5 Å². The second-order valence-electron chi connectivity index (χ2n) is 5.69. The Hall–Kier alpha value is -1.99. The molecule has 1 heterocycles. The lowest BCUT2D eigenvalue weighted by Crippen LogP contribution is -2.50. The first kappa shape index (κ1) is 17.4. The highest BCUT2D eigenvalue weighted by molar-refractivity contribution is 7.21. The molecule has 0 aliphatic heterocycles. The zero-order chi connectivity index (χ0) is 17.2. The molecule has 0 spiro atoms. The highest BCUT2D eigenvalue weighted by Crippen LogP contribution is 2.32. The van der Waals surface area contributed by atoms with Crippen LogP contribution in [0.3, 0.4) is 0 Å². The molecule has 0 aliphatic carbocycles. The first-order valence-corrected chi connectivity index (χ1v) is 7.80. The molecule has 0 fully saturated rings. The molecule has 5 nitrogen and oxygen atoms in total. The van der Waals surface area contributed by atoms with Crippen LogP contribution < -0.4 is 5.32 Å². The van der Waals surface area contributed by atoms with Gasteiger partial charge < -0.3 is 15.2 Å². The highest BCUT2D eigenvalue weighted by Gasteiger charge is 2.31. The predicted molar refractivity (Wildman–Crippen MR) is 86.5 cm³/mol. The molecule has 124 valence electrons. The summed E-state index contributed by atoms with van der Waals surface area (Å²) in [5.41, 5.74) is -0.491. The Morgan fingerprint density at radius 3 is 2.70 bits per heavy atom. The molecule has 2 aromatic rings. The third-order valence-electron chi connectivity index (χ3n) is 3.53. The number of rotatable bonds is 6. The summed E-state index contributed by atoms with van der Waals surface area (Å²) in [5.74, 6) is -1.84. The van der Waals surface area contributed by atoms with Crippen molar-refractivity contribution >= 4 is 33.3 Å². The van der Waals surface area contributed by atoms with Crippen molar-refractivity contribution in [3.8, 4) is 0 Å². The maximum absolute atomic E-state index is 13.9. The first-order valence-electron chi connectivity index (χ1n) is 6.98. The molecule has 1 atom stereocenters. The van der Waals surface area contributed by atoms with Crippen molar-refractivity contribution in [3.63, 3.8) is 0 Å². The van der Waals surface area contributed by atoms with Gasteiger partial charge in [-0.1, -0.05) is 6.07 Å². The van der Waals surface area contributed by atoms with Crippen molar-refractivity contribution < 1.29 is 23.8 Å². The van der Waals surface area contributed by atoms with Crippen LogP contribution in [-0.2, 0) is 9.53 Å². The second kappa shape index (κ2) is 6.64. The number of hydrogen-bond donors (Lipinski definition) is 2. The summed E-state index contributed by atoms with van der Waals surface area (Å²) in [7, 11) is 1.44. The van der Waals surface area contributed by atoms with Crippen LogP contribution in [0.2, 0.25) is 0 Å². The van der Waals surface area contributed by atoms with Gasteiger partial charge in [0.1, 0.15) is 5.82 Å². The van der Waals surface area contributed by atoms with E-state index in [9.17, 15) is 14.0 Å². The average Bonchev–Trinajstić information content (AvgIpc) is 2.76. The topological polar surface area (TPSA) is 75.6 Å². The minimum atomic E-state index is -1.04. The lowest BCUT2D eigenvalue weighted by Gasteiger charge is -2.28. The Balaban J connectivity index is 2.35. The van der Waals surface area contributed by atoms with E-state index in [2.05, 4.69) is 5.32 Å². The van der Waals surface area contributed by atoms with Crippen LogP contribution in [-0.4, -0.2) is 36.2 Å². The van der Waals surface area contributed by atoms with Crippen molar-refractivity contribution in [2.45, 2.75) is 25.8 Å². The number of carboxylic acid groups (broad SMARTS) is 1. The lowest BCUT2D eigenvalue weighted by atomic mass is 9.98. The Labute approximate surface area is 137 Å². The van der Waals surface area contributed by atoms with Crippen LogP contribution in [0.5, 0.6) is 0 Å². The van der Waals surface area contributed by atoms with Gasteiger partial charge in [-0.3, -0.25) is 9.59 Å². The van der Waals surface area contributed by atoms with Crippen LogP contribution in [0.1, 0.15) is 28.6 Å². The number of thiophene rings is 1. The maximum atomic E-state index is 13.9. The zero-order valence-electron chi connectivity index (χ0n) is 13.1. The number of carboxylic acids is 1. The Morgan fingerprint density at radius 1 is 1.43 bits per heavy atom. The standard InChI is InChI=1S/C16H18FNO4S/c1-9-13-10(17)5-4-6-11(13)23-14(9)15(21)18-16(2,8-22-3)7-12(19)20/h4-6H,7-8H2,1-3H3,(H,18,21)(H,19,20). The van der Waals surface area contributed by atoms with Crippen LogP contribution >= 0.6 is 11.3 Å². The first-order chi connectivity index (χ1) is 10.8. The van der Waals surface area contributed by atoms with Crippen LogP contribution in [0, 0.1) is 12.7 Å². The van der Waals surface area contributed by atoms with Gasteiger partial charge in [-0.15, -0.1) is 11.3 Å². The molecular weight excluding hydrogens is 321 g/mol. The van der Waals surface area contributed by atoms with Gasteiger partial charge in [-0.05, 0) is 31.5 Å². The van der Waals surface area contributed by atoms with Crippen LogP contribution in [0.25, 0.3) is 10.1 Å².